The maximum absolute atomic E-state index is 5.64. The number of nitrogens with zero attached hydrogens (tertiary/aromatic N) is 2. The lowest BCUT2D eigenvalue weighted by atomic mass is 10.3. The molecule has 0 saturated carbocycles. The normalized spacial score (nSPS) is 9.79. The molecule has 0 spiro atoms. The summed E-state index contributed by atoms with van der Waals surface area (Å²) >= 11 is 1.61. The molecule has 0 radical (unpaired) electrons. The Balaban J connectivity index is 0.000000141. The van der Waals surface area contributed by atoms with Gasteiger partial charge in [-0.3, -0.25) is 0 Å². The lowest BCUT2D eigenvalue weighted by Crippen LogP contribution is -2.07. The van der Waals surface area contributed by atoms with Crippen molar-refractivity contribution in [3.8, 4) is 0 Å². The number of fused-ring (bicyclic) bond motifs is 1. The Hall–Kier alpha value is -2.07. The average molecular weight is 271 g/mol. The van der Waals surface area contributed by atoms with Gasteiger partial charge in [0.15, 0.2) is 0 Å². The fourth-order valence-corrected chi connectivity index (χ4v) is 2.35. The van der Waals surface area contributed by atoms with Crippen molar-refractivity contribution in [1.29, 1.82) is 0 Å². The van der Waals surface area contributed by atoms with E-state index < -0.39 is 0 Å². The number of nitrogens with two attached hydrogens (primary N) is 1. The highest BCUT2D eigenvalue weighted by atomic mass is 32.1. The van der Waals surface area contributed by atoms with Crippen molar-refractivity contribution in [3.05, 3.63) is 54.0 Å². The van der Waals surface area contributed by atoms with Crippen LogP contribution in [0.1, 0.15) is 0 Å². The van der Waals surface area contributed by atoms with Gasteiger partial charge in [-0.1, -0.05) is 24.3 Å². The SMILES string of the molecule is CN(C)c1ccccc1.Nc1cccc2scnc12. The highest BCUT2D eigenvalue weighted by Crippen LogP contribution is 2.21. The molecule has 4 heteroatoms. The van der Waals surface area contributed by atoms with E-state index in [1.807, 2.05) is 50.5 Å². The molecule has 0 saturated heterocycles. The zero-order chi connectivity index (χ0) is 13.7. The van der Waals surface area contributed by atoms with Crippen molar-refractivity contribution in [3.63, 3.8) is 0 Å². The molecule has 98 valence electrons. The first-order valence-corrected chi connectivity index (χ1v) is 6.86. The predicted octanol–water partition coefficient (Wildman–Crippen LogP) is 3.63. The number of hydrogen-bond donors (Lipinski definition) is 1. The number of hydrogen-bond acceptors (Lipinski definition) is 4. The Bertz CT molecular complexity index is 632. The molecule has 19 heavy (non-hydrogen) atoms. The summed E-state index contributed by atoms with van der Waals surface area (Å²) in [6.07, 6.45) is 0. The fraction of sp³-hybridized carbons (Fsp3) is 0.133. The number of nitrogen functional groups attached to an aromatic ring is 1. The lowest BCUT2D eigenvalue weighted by Gasteiger charge is -2.10. The van der Waals surface area contributed by atoms with Gasteiger partial charge in [-0.25, -0.2) is 4.98 Å². The van der Waals surface area contributed by atoms with E-state index in [0.717, 1.165) is 15.9 Å². The number of anilines is 2. The van der Waals surface area contributed by atoms with Crippen LogP contribution in [0.5, 0.6) is 0 Å². The third kappa shape index (κ3) is 3.45. The van der Waals surface area contributed by atoms with Crippen LogP contribution in [0.25, 0.3) is 10.2 Å². The van der Waals surface area contributed by atoms with Crippen LogP contribution in [0.3, 0.4) is 0 Å². The van der Waals surface area contributed by atoms with E-state index in [1.165, 1.54) is 5.69 Å². The molecule has 2 N–H and O–H groups in total. The minimum Gasteiger partial charge on any atom is -0.397 e. The molecule has 0 aliphatic heterocycles. The fourth-order valence-electron chi connectivity index (χ4n) is 1.63. The minimum absolute atomic E-state index is 0.763. The van der Waals surface area contributed by atoms with E-state index >= 15 is 0 Å². The van der Waals surface area contributed by atoms with Gasteiger partial charge in [0, 0.05) is 19.8 Å². The van der Waals surface area contributed by atoms with Gasteiger partial charge in [-0.15, -0.1) is 11.3 Å². The van der Waals surface area contributed by atoms with E-state index in [1.54, 1.807) is 16.8 Å². The third-order valence-corrected chi connectivity index (χ3v) is 3.46. The van der Waals surface area contributed by atoms with Crippen LogP contribution < -0.4 is 10.6 Å². The molecule has 3 aromatic rings. The zero-order valence-corrected chi connectivity index (χ0v) is 11.9. The number of aromatic nitrogens is 1. The first-order valence-electron chi connectivity index (χ1n) is 5.98. The van der Waals surface area contributed by atoms with E-state index in [4.69, 9.17) is 5.73 Å². The highest BCUT2D eigenvalue weighted by molar-refractivity contribution is 7.16. The van der Waals surface area contributed by atoms with E-state index in [-0.39, 0.29) is 0 Å². The molecule has 0 aliphatic carbocycles. The molecular weight excluding hydrogens is 254 g/mol. The van der Waals surface area contributed by atoms with E-state index in [0.29, 0.717) is 0 Å². The second-order valence-electron chi connectivity index (χ2n) is 4.28. The smallest absolute Gasteiger partial charge is 0.104 e. The van der Waals surface area contributed by atoms with Crippen molar-refractivity contribution in [2.24, 2.45) is 0 Å². The van der Waals surface area contributed by atoms with Gasteiger partial charge < -0.3 is 10.6 Å². The first kappa shape index (κ1) is 13.4. The van der Waals surface area contributed by atoms with Crippen LogP contribution in [-0.2, 0) is 0 Å². The third-order valence-electron chi connectivity index (χ3n) is 2.66. The van der Waals surface area contributed by atoms with Crippen molar-refractivity contribution in [2.45, 2.75) is 0 Å². The van der Waals surface area contributed by atoms with Crippen molar-refractivity contribution in [2.75, 3.05) is 24.7 Å². The molecule has 0 fully saturated rings. The van der Waals surface area contributed by atoms with E-state index in [2.05, 4.69) is 22.0 Å². The molecule has 2 aromatic carbocycles. The average Bonchev–Trinajstić information content (AvgIpc) is 2.90. The van der Waals surface area contributed by atoms with Crippen LogP contribution in [-0.4, -0.2) is 19.1 Å². The second kappa shape index (κ2) is 6.20. The van der Waals surface area contributed by atoms with Crippen LogP contribution in [0.15, 0.2) is 54.0 Å². The second-order valence-corrected chi connectivity index (χ2v) is 5.16. The summed E-state index contributed by atoms with van der Waals surface area (Å²) in [5, 5.41) is 0. The highest BCUT2D eigenvalue weighted by Gasteiger charge is 1.97. The van der Waals surface area contributed by atoms with Crippen molar-refractivity contribution >= 4 is 32.9 Å². The van der Waals surface area contributed by atoms with Crippen LogP contribution in [0, 0.1) is 0 Å². The van der Waals surface area contributed by atoms with Crippen LogP contribution in [0.2, 0.25) is 0 Å². The molecule has 0 bridgehead atoms. The standard InChI is InChI=1S/C8H11N.C7H6N2S/c1-9(2)8-6-4-3-5-7-8;8-5-2-1-3-6-7(5)9-4-10-6/h3-7H,1-2H3;1-4H,8H2. The first-order chi connectivity index (χ1) is 9.18. The summed E-state index contributed by atoms with van der Waals surface area (Å²) in [6, 6.07) is 16.1. The molecule has 0 amide bonds. The topological polar surface area (TPSA) is 42.1 Å². The Labute approximate surface area is 117 Å². The Morgan fingerprint density at radius 1 is 1.00 bits per heavy atom. The van der Waals surface area contributed by atoms with Crippen molar-refractivity contribution in [1.82, 2.24) is 4.98 Å². The van der Waals surface area contributed by atoms with Crippen LogP contribution in [0.4, 0.5) is 11.4 Å². The van der Waals surface area contributed by atoms with Gasteiger partial charge in [-0.05, 0) is 24.3 Å². The van der Waals surface area contributed by atoms with Gasteiger partial charge in [0.2, 0.25) is 0 Å². The largest absolute Gasteiger partial charge is 0.397 e. The maximum Gasteiger partial charge on any atom is 0.104 e. The molecule has 0 aliphatic rings. The molecule has 1 heterocycles. The molecule has 3 rings (SSSR count). The molecule has 1 aromatic heterocycles. The summed E-state index contributed by atoms with van der Waals surface area (Å²) < 4.78 is 1.15. The predicted molar refractivity (Wildman–Crippen MR) is 84.8 cm³/mol. The van der Waals surface area contributed by atoms with Crippen molar-refractivity contribution < 1.29 is 0 Å². The summed E-state index contributed by atoms with van der Waals surface area (Å²) in [6.45, 7) is 0. The van der Waals surface area contributed by atoms with Gasteiger partial charge in [-0.2, -0.15) is 0 Å². The number of benzene rings is 2. The summed E-state index contributed by atoms with van der Waals surface area (Å²) in [5.74, 6) is 0. The van der Waals surface area contributed by atoms with Gasteiger partial charge >= 0.3 is 0 Å². The quantitative estimate of drug-likeness (QED) is 0.687. The summed E-state index contributed by atoms with van der Waals surface area (Å²) in [4.78, 5) is 6.20. The molecule has 0 atom stereocenters. The van der Waals surface area contributed by atoms with E-state index in [9.17, 15) is 0 Å². The summed E-state index contributed by atoms with van der Waals surface area (Å²) in [5.41, 5.74) is 10.4. The Morgan fingerprint density at radius 3 is 2.32 bits per heavy atom. The molecule has 3 nitrogen and oxygen atoms in total. The monoisotopic (exact) mass is 271 g/mol. The molecule has 0 unspecified atom stereocenters. The Kier molecular flexibility index (Phi) is 4.36. The molecular formula is C15H17N3S. The van der Waals surface area contributed by atoms with Gasteiger partial charge in [0.25, 0.3) is 0 Å². The Morgan fingerprint density at radius 2 is 1.74 bits per heavy atom. The number of para-hydroxylation sites is 2. The van der Waals surface area contributed by atoms with Gasteiger partial charge in [0.1, 0.15) is 5.52 Å². The number of thiazole rings is 1. The number of rotatable bonds is 1. The zero-order valence-electron chi connectivity index (χ0n) is 11.1. The van der Waals surface area contributed by atoms with Gasteiger partial charge in [0.05, 0.1) is 15.9 Å². The summed E-state index contributed by atoms with van der Waals surface area (Å²) in [7, 11) is 4.07. The minimum atomic E-state index is 0.763. The maximum atomic E-state index is 5.64. The van der Waals surface area contributed by atoms with Crippen LogP contribution >= 0.6 is 11.3 Å². The lowest BCUT2D eigenvalue weighted by molar-refractivity contribution is 1.13.